The monoisotopic (exact) mass is 864 g/mol. The van der Waals surface area contributed by atoms with Gasteiger partial charge in [0.1, 0.15) is 30.5 Å². The van der Waals surface area contributed by atoms with Gasteiger partial charge in [0.05, 0.1) is 43.7 Å². The number of rotatable bonds is 8. The Morgan fingerprint density at radius 1 is 0.754 bits per heavy atom. The van der Waals surface area contributed by atoms with E-state index in [2.05, 4.69) is 53.7 Å². The van der Waals surface area contributed by atoms with Crippen LogP contribution in [0.2, 0.25) is 0 Å². The van der Waals surface area contributed by atoms with Crippen molar-refractivity contribution >= 4 is 11.9 Å². The first-order chi connectivity index (χ1) is 28.5. The molecule has 8 aliphatic rings. The Hall–Kier alpha value is -1.76. The van der Waals surface area contributed by atoms with E-state index in [0.29, 0.717) is 19.4 Å². The topological polar surface area (TPSA) is 220 Å². The number of aliphatic hydroxyl groups is 6. The van der Waals surface area contributed by atoms with E-state index in [1.54, 1.807) is 6.92 Å². The molecule has 4 saturated carbocycles. The van der Waals surface area contributed by atoms with Crippen molar-refractivity contribution in [2.24, 2.45) is 50.2 Å². The lowest BCUT2D eigenvalue weighted by atomic mass is 9.32. The van der Waals surface area contributed by atoms with E-state index in [1.165, 1.54) is 0 Å². The van der Waals surface area contributed by atoms with Gasteiger partial charge in [-0.15, -0.1) is 0 Å². The molecular formula is C46H72O15. The van der Waals surface area contributed by atoms with Crippen LogP contribution in [0.5, 0.6) is 0 Å². The number of carbonyl (C=O) groups is 2. The smallest absolute Gasteiger partial charge is 0.303 e. The van der Waals surface area contributed by atoms with Gasteiger partial charge in [-0.1, -0.05) is 53.7 Å². The minimum Gasteiger partial charge on any atom is -0.455 e. The van der Waals surface area contributed by atoms with E-state index >= 15 is 0 Å². The molecule has 7 fully saturated rings. The van der Waals surface area contributed by atoms with Gasteiger partial charge in [0.25, 0.3) is 0 Å². The molecule has 15 nitrogen and oxygen atoms in total. The van der Waals surface area contributed by atoms with E-state index in [0.717, 1.165) is 52.4 Å². The molecule has 0 radical (unpaired) electrons. The van der Waals surface area contributed by atoms with Crippen LogP contribution in [-0.2, 0) is 42.7 Å². The third kappa shape index (κ3) is 6.59. The van der Waals surface area contributed by atoms with Gasteiger partial charge in [-0.2, -0.15) is 0 Å². The van der Waals surface area contributed by atoms with E-state index in [9.17, 15) is 40.2 Å². The molecule has 5 aliphatic carbocycles. The molecule has 0 unspecified atom stereocenters. The second kappa shape index (κ2) is 15.4. The first-order valence-electron chi connectivity index (χ1n) is 22.7. The van der Waals surface area contributed by atoms with Gasteiger partial charge in [-0.05, 0) is 86.4 Å². The van der Waals surface area contributed by atoms with Crippen molar-refractivity contribution < 1.29 is 73.4 Å². The van der Waals surface area contributed by atoms with E-state index in [-0.39, 0.29) is 51.4 Å². The van der Waals surface area contributed by atoms with Crippen LogP contribution in [0.3, 0.4) is 0 Å². The fourth-order valence-corrected chi connectivity index (χ4v) is 14.9. The zero-order chi connectivity index (χ0) is 44.5. The minimum absolute atomic E-state index is 0.00538. The van der Waals surface area contributed by atoms with Gasteiger partial charge >= 0.3 is 11.9 Å². The molecule has 21 atom stereocenters. The lowest BCUT2D eigenvalue weighted by molar-refractivity contribution is -0.368. The normalized spacial score (nSPS) is 54.7. The predicted octanol–water partition coefficient (Wildman–Crippen LogP) is 2.92. The fourth-order valence-electron chi connectivity index (χ4n) is 14.9. The van der Waals surface area contributed by atoms with Crippen molar-refractivity contribution in [2.75, 3.05) is 19.8 Å². The molecule has 2 bridgehead atoms. The number of carbonyl (C=O) groups excluding carboxylic acids is 2. The van der Waals surface area contributed by atoms with Crippen LogP contribution in [0.25, 0.3) is 0 Å². The number of hydrogen-bond donors (Lipinski definition) is 6. The average molecular weight is 865 g/mol. The molecule has 0 aromatic heterocycles. The van der Waals surface area contributed by atoms with Gasteiger partial charge in [0.15, 0.2) is 24.8 Å². The molecule has 61 heavy (non-hydrogen) atoms. The van der Waals surface area contributed by atoms with Gasteiger partial charge in [-0.3, -0.25) is 9.59 Å². The SMILES string of the molecule is CC(=O)O[C@H]1[C@H](O[C@H]2[C@@H](O)[C@@H](C)O[C@@H](O[C@H]3CC[C@@]4(C)[C@@H](CC[C@]5(C)[C@@H]4C=C[C@]46OC[C@@]7(CCC(C)(C)C[C@@H]74)[C@H](O)C[C@]65C)[C@]3(C)CO)[C@@H]2O)O[C@H](CO)[C@@H](O)[C@@H]1OC(C)=O. The van der Waals surface area contributed by atoms with Crippen LogP contribution in [0, 0.1) is 50.2 Å². The third-order valence-electron chi connectivity index (χ3n) is 18.5. The summed E-state index contributed by atoms with van der Waals surface area (Å²) in [4.78, 5) is 24.2. The van der Waals surface area contributed by atoms with Crippen LogP contribution in [0.1, 0.15) is 114 Å². The van der Waals surface area contributed by atoms with Gasteiger partial charge < -0.3 is 63.8 Å². The molecule has 3 saturated heterocycles. The Kier molecular flexibility index (Phi) is 11.6. The largest absolute Gasteiger partial charge is 0.455 e. The zero-order valence-corrected chi connectivity index (χ0v) is 37.5. The summed E-state index contributed by atoms with van der Waals surface area (Å²) in [7, 11) is 0. The summed E-state index contributed by atoms with van der Waals surface area (Å²) in [5, 5.41) is 67.7. The minimum atomic E-state index is -1.62. The lowest BCUT2D eigenvalue weighted by Crippen LogP contribution is -2.72. The Labute approximate surface area is 359 Å². The quantitative estimate of drug-likeness (QED) is 0.117. The second-order valence-corrected chi connectivity index (χ2v) is 22.1. The van der Waals surface area contributed by atoms with E-state index < -0.39 is 103 Å². The van der Waals surface area contributed by atoms with Gasteiger partial charge in [0, 0.05) is 36.0 Å². The van der Waals surface area contributed by atoms with E-state index in [1.807, 2.05) is 0 Å². The summed E-state index contributed by atoms with van der Waals surface area (Å²) in [6.07, 6.45) is -3.72. The summed E-state index contributed by atoms with van der Waals surface area (Å²) in [5.41, 5.74) is -2.09. The second-order valence-electron chi connectivity index (χ2n) is 22.1. The lowest BCUT2D eigenvalue weighted by Gasteiger charge is -2.73. The molecule has 0 aromatic rings. The Morgan fingerprint density at radius 3 is 2.10 bits per heavy atom. The predicted molar refractivity (Wildman–Crippen MR) is 216 cm³/mol. The molecule has 3 aliphatic heterocycles. The summed E-state index contributed by atoms with van der Waals surface area (Å²) < 4.78 is 42.7. The maximum Gasteiger partial charge on any atom is 0.303 e. The molecule has 15 heteroatoms. The molecule has 346 valence electrons. The summed E-state index contributed by atoms with van der Waals surface area (Å²) >= 11 is 0. The number of hydrogen-bond acceptors (Lipinski definition) is 15. The van der Waals surface area contributed by atoms with Crippen molar-refractivity contribution in [2.45, 2.75) is 193 Å². The van der Waals surface area contributed by atoms with Crippen LogP contribution in [0.4, 0.5) is 0 Å². The molecule has 6 N–H and O–H groups in total. The number of ether oxygens (including phenoxy) is 7. The molecule has 1 spiro atoms. The highest BCUT2D eigenvalue weighted by atomic mass is 16.7. The highest BCUT2D eigenvalue weighted by Gasteiger charge is 2.79. The van der Waals surface area contributed by atoms with Crippen molar-refractivity contribution in [3.05, 3.63) is 12.2 Å². The molecular weight excluding hydrogens is 792 g/mol. The number of allylic oxidation sites excluding steroid dienone is 1. The van der Waals surface area contributed by atoms with Crippen LogP contribution < -0.4 is 0 Å². The number of fused-ring (bicyclic) bond motifs is 4. The standard InChI is InChI=1S/C46H72O15/c1-23-32(52)35(61-39-37(58-25(3)50)36(57-24(2)49)33(53)26(20-47)59-39)34(54)38(56-23)60-31-12-13-41(6)27(42(31,7)21-48)10-14-43(8)28(41)11-15-46-29-18-40(4,5)16-17-45(29,22-55-46)30(51)19-44(43,46)9/h11,15,23,26-39,47-48,51-54H,10,12-14,16-22H2,1-9H3/t23-,26-,27-,28-,29+,30-,31+,32+,33-,34-,35+,36+,37-,38+,39+,41+,42+,43-,44+,45-,46+/m1/s1. The van der Waals surface area contributed by atoms with Crippen molar-refractivity contribution in [1.82, 2.24) is 0 Å². The van der Waals surface area contributed by atoms with Gasteiger partial charge in [0.2, 0.25) is 0 Å². The Bertz CT molecular complexity index is 1720. The van der Waals surface area contributed by atoms with Gasteiger partial charge in [-0.25, -0.2) is 0 Å². The maximum atomic E-state index is 12.2. The van der Waals surface area contributed by atoms with Crippen molar-refractivity contribution in [3.8, 4) is 0 Å². The maximum absolute atomic E-state index is 12.2. The molecule has 8 rings (SSSR count). The summed E-state index contributed by atoms with van der Waals surface area (Å²) in [6.45, 7) is 17.5. The highest BCUT2D eigenvalue weighted by molar-refractivity contribution is 5.67. The molecule has 0 aromatic carbocycles. The Balaban J connectivity index is 1.05. The van der Waals surface area contributed by atoms with E-state index in [4.69, 9.17) is 33.2 Å². The number of aliphatic hydroxyl groups excluding tert-OH is 6. The van der Waals surface area contributed by atoms with Crippen LogP contribution in [-0.4, -0.2) is 142 Å². The average Bonchev–Trinajstić information content (AvgIpc) is 3.46. The third-order valence-corrected chi connectivity index (χ3v) is 18.5. The van der Waals surface area contributed by atoms with Crippen molar-refractivity contribution in [1.29, 1.82) is 0 Å². The zero-order valence-electron chi connectivity index (χ0n) is 37.5. The highest BCUT2D eigenvalue weighted by Crippen LogP contribution is 2.79. The first-order valence-corrected chi connectivity index (χ1v) is 22.7. The summed E-state index contributed by atoms with van der Waals surface area (Å²) in [5.74, 6) is -1.23. The summed E-state index contributed by atoms with van der Waals surface area (Å²) in [6, 6.07) is 0. The first kappa shape index (κ1) is 45.8. The van der Waals surface area contributed by atoms with Crippen LogP contribution in [0.15, 0.2) is 12.2 Å². The van der Waals surface area contributed by atoms with Crippen molar-refractivity contribution in [3.63, 3.8) is 0 Å². The number of esters is 2. The molecule has 3 heterocycles. The fraction of sp³-hybridized carbons (Fsp3) is 0.913. The van der Waals surface area contributed by atoms with Crippen LogP contribution >= 0.6 is 0 Å². The molecule has 0 amide bonds. The Morgan fingerprint density at radius 2 is 1.44 bits per heavy atom.